The van der Waals surface area contributed by atoms with E-state index < -0.39 is 0 Å². The molecular weight excluding hydrogens is 304 g/mol. The molecule has 1 aliphatic carbocycles. The summed E-state index contributed by atoms with van der Waals surface area (Å²) in [5.74, 6) is 0. The van der Waals surface area contributed by atoms with Gasteiger partial charge >= 0.3 is 0 Å². The van der Waals surface area contributed by atoms with Crippen molar-refractivity contribution in [1.29, 1.82) is 0 Å². The molecule has 1 aliphatic rings. The van der Waals surface area contributed by atoms with Crippen molar-refractivity contribution in [2.24, 2.45) is 0 Å². The summed E-state index contributed by atoms with van der Waals surface area (Å²) in [6.45, 7) is 9.77. The molecule has 0 radical (unpaired) electrons. The minimum atomic E-state index is 0.916. The molecule has 1 N–H and O–H groups in total. The molecule has 132 valence electrons. The number of hydrogen-bond donors (Lipinski definition) is 1. The molecule has 0 spiro atoms. The Hall–Kier alpha value is -1.90. The molecule has 2 aromatic carbocycles. The zero-order valence-electron chi connectivity index (χ0n) is 15.6. The molecule has 0 heterocycles. The molecule has 2 heteroatoms. The third kappa shape index (κ3) is 4.39. The van der Waals surface area contributed by atoms with Gasteiger partial charge < -0.3 is 10.2 Å². The summed E-state index contributed by atoms with van der Waals surface area (Å²) >= 11 is 0. The fraction of sp³-hybridized carbons (Fsp3) is 0.391. The lowest BCUT2D eigenvalue weighted by Crippen LogP contribution is -2.32. The number of likely N-dealkylation sites (N-methyl/N-ethyl adjacent to an activating group) is 1. The van der Waals surface area contributed by atoms with Gasteiger partial charge in [0.15, 0.2) is 0 Å². The molecule has 25 heavy (non-hydrogen) atoms. The van der Waals surface area contributed by atoms with Gasteiger partial charge in [-0.2, -0.15) is 0 Å². The smallest absolute Gasteiger partial charge is 0.0144 e. The summed E-state index contributed by atoms with van der Waals surface area (Å²) in [6.07, 6.45) is 4.63. The van der Waals surface area contributed by atoms with Crippen LogP contribution in [0.1, 0.15) is 36.1 Å². The molecule has 0 fully saturated rings. The van der Waals surface area contributed by atoms with Crippen LogP contribution in [-0.4, -0.2) is 37.6 Å². The van der Waals surface area contributed by atoms with E-state index in [9.17, 15) is 0 Å². The first-order valence-corrected chi connectivity index (χ1v) is 9.63. The van der Waals surface area contributed by atoms with Crippen LogP contribution in [0.4, 0.5) is 0 Å². The van der Waals surface area contributed by atoms with Crippen LogP contribution in [-0.2, 0) is 12.8 Å². The first-order chi connectivity index (χ1) is 12.3. The van der Waals surface area contributed by atoms with E-state index in [4.69, 9.17) is 0 Å². The average Bonchev–Trinajstić information content (AvgIpc) is 2.82. The van der Waals surface area contributed by atoms with Gasteiger partial charge in [-0.15, -0.1) is 0 Å². The van der Waals surface area contributed by atoms with Crippen LogP contribution in [0.15, 0.2) is 54.6 Å². The Bertz CT molecular complexity index is 664. The van der Waals surface area contributed by atoms with Gasteiger partial charge in [-0.25, -0.2) is 0 Å². The first kappa shape index (κ1) is 17.9. The molecule has 0 aromatic heterocycles. The van der Waals surface area contributed by atoms with Gasteiger partial charge in [0.1, 0.15) is 0 Å². The van der Waals surface area contributed by atoms with Gasteiger partial charge in [0.05, 0.1) is 0 Å². The summed E-state index contributed by atoms with van der Waals surface area (Å²) < 4.78 is 0. The summed E-state index contributed by atoms with van der Waals surface area (Å²) in [6, 6.07) is 17.8. The number of aryl methyl sites for hydroxylation is 2. The quantitative estimate of drug-likeness (QED) is 0.765. The van der Waals surface area contributed by atoms with Crippen molar-refractivity contribution in [1.82, 2.24) is 10.2 Å². The van der Waals surface area contributed by atoms with Gasteiger partial charge in [-0.3, -0.25) is 0 Å². The highest BCUT2D eigenvalue weighted by molar-refractivity contribution is 5.84. The van der Waals surface area contributed by atoms with Crippen molar-refractivity contribution in [2.75, 3.05) is 32.7 Å². The maximum Gasteiger partial charge on any atom is 0.0144 e. The fourth-order valence-electron chi connectivity index (χ4n) is 3.69. The molecule has 0 saturated carbocycles. The van der Waals surface area contributed by atoms with E-state index in [1.54, 1.807) is 0 Å². The van der Waals surface area contributed by atoms with Crippen LogP contribution < -0.4 is 5.32 Å². The number of fused-ring (bicyclic) bond motifs is 2. The SMILES string of the molecule is CCN(CC)CCNCC=C1c2ccccc2CCc2ccccc21. The number of benzene rings is 2. The van der Waals surface area contributed by atoms with Crippen molar-refractivity contribution in [3.63, 3.8) is 0 Å². The maximum atomic E-state index is 3.60. The summed E-state index contributed by atoms with van der Waals surface area (Å²) in [7, 11) is 0. The van der Waals surface area contributed by atoms with Crippen LogP contribution in [0, 0.1) is 0 Å². The molecule has 0 bridgehead atoms. The summed E-state index contributed by atoms with van der Waals surface area (Å²) in [4.78, 5) is 2.45. The third-order valence-corrected chi connectivity index (χ3v) is 5.23. The van der Waals surface area contributed by atoms with Crippen LogP contribution in [0.2, 0.25) is 0 Å². The molecule has 2 aromatic rings. The van der Waals surface area contributed by atoms with Crippen molar-refractivity contribution >= 4 is 5.57 Å². The molecule has 0 saturated heterocycles. The Labute approximate surface area is 152 Å². The molecule has 0 aliphatic heterocycles. The van der Waals surface area contributed by atoms with Gasteiger partial charge in [0.2, 0.25) is 0 Å². The Morgan fingerprint density at radius 2 is 1.44 bits per heavy atom. The first-order valence-electron chi connectivity index (χ1n) is 9.63. The number of hydrogen-bond acceptors (Lipinski definition) is 2. The van der Waals surface area contributed by atoms with E-state index in [1.165, 1.54) is 27.8 Å². The molecule has 3 rings (SSSR count). The lowest BCUT2D eigenvalue weighted by molar-refractivity contribution is 0.304. The van der Waals surface area contributed by atoms with Crippen molar-refractivity contribution in [3.8, 4) is 0 Å². The molecule has 2 nitrogen and oxygen atoms in total. The predicted molar refractivity (Wildman–Crippen MR) is 108 cm³/mol. The zero-order chi connectivity index (χ0) is 17.5. The Morgan fingerprint density at radius 1 is 0.880 bits per heavy atom. The lowest BCUT2D eigenvalue weighted by Gasteiger charge is -2.18. The second kappa shape index (κ2) is 8.98. The predicted octanol–water partition coefficient (Wildman–Crippen LogP) is 4.15. The van der Waals surface area contributed by atoms with Crippen LogP contribution in [0.5, 0.6) is 0 Å². The molecule has 0 atom stereocenters. The Morgan fingerprint density at radius 3 is 2.00 bits per heavy atom. The van der Waals surface area contributed by atoms with Gasteiger partial charge in [0, 0.05) is 19.6 Å². The Balaban J connectivity index is 1.77. The van der Waals surface area contributed by atoms with E-state index in [2.05, 4.69) is 78.7 Å². The van der Waals surface area contributed by atoms with E-state index in [0.717, 1.165) is 45.6 Å². The zero-order valence-corrected chi connectivity index (χ0v) is 15.6. The topological polar surface area (TPSA) is 15.3 Å². The average molecular weight is 335 g/mol. The highest BCUT2D eigenvalue weighted by atomic mass is 15.1. The van der Waals surface area contributed by atoms with Crippen molar-refractivity contribution in [2.45, 2.75) is 26.7 Å². The highest BCUT2D eigenvalue weighted by Gasteiger charge is 2.16. The molecule has 0 amide bonds. The van der Waals surface area contributed by atoms with Crippen LogP contribution in [0.25, 0.3) is 5.57 Å². The lowest BCUT2D eigenvalue weighted by atomic mass is 9.94. The van der Waals surface area contributed by atoms with E-state index in [1.807, 2.05) is 0 Å². The van der Waals surface area contributed by atoms with Crippen LogP contribution in [0.3, 0.4) is 0 Å². The number of rotatable bonds is 7. The molecular formula is C23H30N2. The Kier molecular flexibility index (Phi) is 6.43. The van der Waals surface area contributed by atoms with Gasteiger partial charge in [-0.05, 0) is 53.8 Å². The fourth-order valence-corrected chi connectivity index (χ4v) is 3.69. The van der Waals surface area contributed by atoms with Crippen molar-refractivity contribution in [3.05, 3.63) is 76.9 Å². The minimum absolute atomic E-state index is 0.916. The monoisotopic (exact) mass is 334 g/mol. The molecule has 0 unspecified atom stereocenters. The number of nitrogens with one attached hydrogen (secondary N) is 1. The highest BCUT2D eigenvalue weighted by Crippen LogP contribution is 2.33. The second-order valence-electron chi connectivity index (χ2n) is 6.66. The normalized spacial score (nSPS) is 13.3. The van der Waals surface area contributed by atoms with E-state index in [-0.39, 0.29) is 0 Å². The largest absolute Gasteiger partial charge is 0.312 e. The van der Waals surface area contributed by atoms with Gasteiger partial charge in [0.25, 0.3) is 0 Å². The number of nitrogens with zero attached hydrogens (tertiary/aromatic N) is 1. The maximum absolute atomic E-state index is 3.60. The van der Waals surface area contributed by atoms with Gasteiger partial charge in [-0.1, -0.05) is 68.5 Å². The van der Waals surface area contributed by atoms with Crippen molar-refractivity contribution < 1.29 is 0 Å². The van der Waals surface area contributed by atoms with Crippen LogP contribution >= 0.6 is 0 Å². The minimum Gasteiger partial charge on any atom is -0.312 e. The third-order valence-electron chi connectivity index (χ3n) is 5.23. The standard InChI is InChI=1S/C23H30N2/c1-3-25(4-2)18-17-24-16-15-23-21-11-7-5-9-19(21)13-14-20-10-6-8-12-22(20)23/h5-12,15,24H,3-4,13-14,16-18H2,1-2H3. The van der Waals surface area contributed by atoms with E-state index in [0.29, 0.717) is 0 Å². The summed E-state index contributed by atoms with van der Waals surface area (Å²) in [5, 5.41) is 3.60. The second-order valence-corrected chi connectivity index (χ2v) is 6.66. The van der Waals surface area contributed by atoms with E-state index >= 15 is 0 Å². The summed E-state index contributed by atoms with van der Waals surface area (Å²) in [5.41, 5.74) is 7.12.